The highest BCUT2D eigenvalue weighted by Crippen LogP contribution is 2.11. The van der Waals surface area contributed by atoms with E-state index in [1.807, 2.05) is 68.6 Å². The van der Waals surface area contributed by atoms with E-state index in [0.717, 1.165) is 11.1 Å². The van der Waals surface area contributed by atoms with Crippen LogP contribution < -0.4 is 21.3 Å². The predicted octanol–water partition coefficient (Wildman–Crippen LogP) is 3.21. The Morgan fingerprint density at radius 2 is 1.46 bits per heavy atom. The van der Waals surface area contributed by atoms with Crippen LogP contribution in [-0.2, 0) is 46.5 Å². The molecule has 0 aliphatic heterocycles. The Morgan fingerprint density at radius 1 is 0.840 bits per heavy atom. The van der Waals surface area contributed by atoms with Crippen molar-refractivity contribution in [1.82, 2.24) is 21.3 Å². The third-order valence-corrected chi connectivity index (χ3v) is 8.16. The molecule has 13 nitrogen and oxygen atoms in total. The van der Waals surface area contributed by atoms with Gasteiger partial charge in [-0.3, -0.25) is 24.0 Å². The summed E-state index contributed by atoms with van der Waals surface area (Å²) in [5, 5.41) is 10.9. The summed E-state index contributed by atoms with van der Waals surface area (Å²) >= 11 is 1.53. The summed E-state index contributed by atoms with van der Waals surface area (Å²) < 4.78 is 9.99. The molecule has 50 heavy (non-hydrogen) atoms. The van der Waals surface area contributed by atoms with Crippen molar-refractivity contribution in [2.24, 2.45) is 16.8 Å². The smallest absolute Gasteiger partial charge is 0.433 e. The topological polar surface area (TPSA) is 181 Å². The molecular formula is C36H49N5O8S. The monoisotopic (exact) mass is 711 g/mol. The Morgan fingerprint density at radius 3 is 2.06 bits per heavy atom. The summed E-state index contributed by atoms with van der Waals surface area (Å²) in [6, 6.07) is 15.5. The average Bonchev–Trinajstić information content (AvgIpc) is 3.11. The number of hydrogen-bond donors (Lipinski definition) is 4. The number of rotatable bonds is 22. The van der Waals surface area contributed by atoms with Crippen LogP contribution in [0, 0.1) is 11.8 Å². The van der Waals surface area contributed by atoms with E-state index >= 15 is 0 Å². The standard InChI is InChI=1S/C36H49N5O8S/c1-25(2)20-30(40-33(44)29(39-24-42)17-19-50-4)34(45)41-31(21-26-12-7-5-8-13-26)32(43)37-18-11-16-28(35(46)48-3)22-38-36(47)49-23-27-14-9-6-10-15-27/h5-10,12-15,22,24-25,28-31H,11,16-21,23H2,1-4H3,(H,37,43)(H,39,42)(H,40,44)(H,41,45)/b38-22-/t28?,29-,30-,31-/m0/s1. The SMILES string of the molecule is COC(=O)C(/C=N\C(=O)OCc1ccccc1)CCCNC(=O)[C@H](Cc1ccccc1)NC(=O)[C@H](CC(C)C)NC(=O)[C@H](CCSC)NC=O. The number of hydrogen-bond acceptors (Lipinski definition) is 9. The quantitative estimate of drug-likeness (QED) is 0.0617. The van der Waals surface area contributed by atoms with Crippen molar-refractivity contribution >= 4 is 54.2 Å². The highest BCUT2D eigenvalue weighted by atomic mass is 32.2. The van der Waals surface area contributed by atoms with Crippen LogP contribution in [0.25, 0.3) is 0 Å². The van der Waals surface area contributed by atoms with Crippen LogP contribution in [0.4, 0.5) is 4.79 Å². The van der Waals surface area contributed by atoms with Crippen molar-refractivity contribution in [3.63, 3.8) is 0 Å². The van der Waals surface area contributed by atoms with Gasteiger partial charge in [0.05, 0.1) is 13.0 Å². The lowest BCUT2D eigenvalue weighted by atomic mass is 10.0. The summed E-state index contributed by atoms with van der Waals surface area (Å²) in [6.07, 6.45) is 4.11. The van der Waals surface area contributed by atoms with Crippen LogP contribution in [0.3, 0.4) is 0 Å². The lowest BCUT2D eigenvalue weighted by Crippen LogP contribution is -2.57. The molecule has 0 spiro atoms. The van der Waals surface area contributed by atoms with Gasteiger partial charge < -0.3 is 30.7 Å². The van der Waals surface area contributed by atoms with Crippen LogP contribution >= 0.6 is 11.8 Å². The minimum Gasteiger partial charge on any atom is -0.469 e. The lowest BCUT2D eigenvalue weighted by molar-refractivity contribution is -0.143. The minimum atomic E-state index is -0.978. The zero-order valence-electron chi connectivity index (χ0n) is 29.1. The number of nitrogens with zero attached hydrogens (tertiary/aromatic N) is 1. The van der Waals surface area contributed by atoms with Gasteiger partial charge in [0.15, 0.2) is 0 Å². The molecule has 0 saturated carbocycles. The zero-order valence-corrected chi connectivity index (χ0v) is 29.9. The Labute approximate surface area is 298 Å². The highest BCUT2D eigenvalue weighted by Gasteiger charge is 2.29. The molecule has 0 bridgehead atoms. The summed E-state index contributed by atoms with van der Waals surface area (Å²) in [6.45, 7) is 4.01. The molecule has 0 heterocycles. The molecule has 0 radical (unpaired) electrons. The van der Waals surface area contributed by atoms with Crippen LogP contribution in [0.15, 0.2) is 65.7 Å². The molecule has 1 unspecified atom stereocenters. The molecule has 5 amide bonds. The van der Waals surface area contributed by atoms with Crippen molar-refractivity contribution in [2.75, 3.05) is 25.7 Å². The summed E-state index contributed by atoms with van der Waals surface area (Å²) in [5.74, 6) is -2.24. The highest BCUT2D eigenvalue weighted by molar-refractivity contribution is 7.98. The maximum absolute atomic E-state index is 13.6. The number of thioether (sulfide) groups is 1. The van der Waals surface area contributed by atoms with Gasteiger partial charge in [-0.25, -0.2) is 4.79 Å². The lowest BCUT2D eigenvalue weighted by Gasteiger charge is -2.26. The van der Waals surface area contributed by atoms with Gasteiger partial charge in [-0.05, 0) is 54.7 Å². The van der Waals surface area contributed by atoms with Crippen LogP contribution in [-0.4, -0.2) is 86.2 Å². The molecule has 0 saturated heterocycles. The number of esters is 1. The number of aliphatic imine (C=N–C) groups is 1. The van der Waals surface area contributed by atoms with Gasteiger partial charge in [-0.2, -0.15) is 16.8 Å². The van der Waals surface area contributed by atoms with Crippen LogP contribution in [0.2, 0.25) is 0 Å². The van der Waals surface area contributed by atoms with Crippen molar-refractivity contribution in [2.45, 2.75) is 70.7 Å². The van der Waals surface area contributed by atoms with Crippen LogP contribution in [0.1, 0.15) is 50.7 Å². The maximum atomic E-state index is 13.6. The first kappa shape index (κ1) is 41.5. The molecule has 2 aromatic rings. The predicted molar refractivity (Wildman–Crippen MR) is 192 cm³/mol. The number of benzene rings is 2. The maximum Gasteiger partial charge on any atom is 0.433 e. The largest absolute Gasteiger partial charge is 0.469 e. The number of ether oxygens (including phenoxy) is 2. The summed E-state index contributed by atoms with van der Waals surface area (Å²) in [5.41, 5.74) is 1.60. The van der Waals surface area contributed by atoms with E-state index in [0.29, 0.717) is 31.4 Å². The number of amides is 5. The van der Waals surface area contributed by atoms with Gasteiger partial charge in [0.25, 0.3) is 0 Å². The number of methoxy groups -OCH3 is 1. The van der Waals surface area contributed by atoms with E-state index in [9.17, 15) is 28.8 Å². The van der Waals surface area contributed by atoms with Gasteiger partial charge in [-0.1, -0.05) is 74.5 Å². The Balaban J connectivity index is 2.06. The van der Waals surface area contributed by atoms with Crippen molar-refractivity contribution in [3.8, 4) is 0 Å². The van der Waals surface area contributed by atoms with E-state index in [1.165, 1.54) is 25.1 Å². The van der Waals surface area contributed by atoms with Gasteiger partial charge >= 0.3 is 12.1 Å². The number of carbonyl (C=O) groups excluding carboxylic acids is 6. The Bertz CT molecular complexity index is 1390. The minimum absolute atomic E-state index is 0.0350. The molecular weight excluding hydrogens is 662 g/mol. The second-order valence-corrected chi connectivity index (χ2v) is 12.9. The second-order valence-electron chi connectivity index (χ2n) is 11.9. The molecule has 4 N–H and O–H groups in total. The molecule has 272 valence electrons. The fraction of sp³-hybridized carbons (Fsp3) is 0.472. The molecule has 0 aromatic heterocycles. The molecule has 4 atom stereocenters. The van der Waals surface area contributed by atoms with E-state index in [-0.39, 0.29) is 31.9 Å². The van der Waals surface area contributed by atoms with Gasteiger partial charge in [-0.15, -0.1) is 0 Å². The summed E-state index contributed by atoms with van der Waals surface area (Å²) in [7, 11) is 1.23. The van der Waals surface area contributed by atoms with E-state index in [1.54, 1.807) is 12.1 Å². The molecule has 14 heteroatoms. The number of carbonyl (C=O) groups is 6. The molecule has 2 rings (SSSR count). The van der Waals surface area contributed by atoms with E-state index in [4.69, 9.17) is 9.47 Å². The number of nitrogens with one attached hydrogen (secondary N) is 4. The Hall–Kier alpha value is -4.72. The molecule has 0 fully saturated rings. The third kappa shape index (κ3) is 16.1. The fourth-order valence-electron chi connectivity index (χ4n) is 4.88. The normalized spacial score (nSPS) is 13.4. The molecule has 2 aromatic carbocycles. The first-order chi connectivity index (χ1) is 24.1. The Kier molecular flexibility index (Phi) is 19.6. The molecule has 0 aliphatic carbocycles. The van der Waals surface area contributed by atoms with E-state index < -0.39 is 53.8 Å². The van der Waals surface area contributed by atoms with Crippen molar-refractivity contribution in [3.05, 3.63) is 71.8 Å². The first-order valence-corrected chi connectivity index (χ1v) is 17.9. The average molecular weight is 712 g/mol. The van der Waals surface area contributed by atoms with E-state index in [2.05, 4.69) is 26.3 Å². The third-order valence-electron chi connectivity index (χ3n) is 7.51. The zero-order chi connectivity index (χ0) is 36.7. The summed E-state index contributed by atoms with van der Waals surface area (Å²) in [4.78, 5) is 79.5. The first-order valence-electron chi connectivity index (χ1n) is 16.5. The van der Waals surface area contributed by atoms with Gasteiger partial charge in [0, 0.05) is 19.2 Å². The van der Waals surface area contributed by atoms with Crippen LogP contribution in [0.5, 0.6) is 0 Å². The second kappa shape index (κ2) is 23.6. The molecule has 0 aliphatic rings. The van der Waals surface area contributed by atoms with Gasteiger partial charge in [0.1, 0.15) is 24.7 Å². The fourth-order valence-corrected chi connectivity index (χ4v) is 5.35. The van der Waals surface area contributed by atoms with Crippen molar-refractivity contribution in [1.29, 1.82) is 0 Å². The van der Waals surface area contributed by atoms with Crippen molar-refractivity contribution < 1.29 is 38.2 Å². The van der Waals surface area contributed by atoms with Gasteiger partial charge in [0.2, 0.25) is 24.1 Å².